The molecule has 0 saturated carbocycles. The normalized spacial score (nSPS) is 11.2. The van der Waals surface area contributed by atoms with E-state index in [-0.39, 0.29) is 0 Å². The summed E-state index contributed by atoms with van der Waals surface area (Å²) in [6, 6.07) is 10.5. The lowest BCUT2D eigenvalue weighted by atomic mass is 10.1. The van der Waals surface area contributed by atoms with Crippen LogP contribution >= 0.6 is 23.1 Å². The van der Waals surface area contributed by atoms with E-state index in [0.717, 1.165) is 18.7 Å². The molecule has 20 heavy (non-hydrogen) atoms. The third kappa shape index (κ3) is 4.62. The minimum Gasteiger partial charge on any atom is -0.315 e. The summed E-state index contributed by atoms with van der Waals surface area (Å²) in [5.41, 5.74) is 1.28. The molecule has 0 aliphatic heterocycles. The molecule has 0 radical (unpaired) electrons. The van der Waals surface area contributed by atoms with Gasteiger partial charge in [0.05, 0.1) is 11.4 Å². The lowest BCUT2D eigenvalue weighted by molar-refractivity contribution is 0.630. The molecule has 1 aromatic carbocycles. The standard InChI is InChI=1S/C16H22N2S2/c1-12(2)9-14-15(10-17-3)20-16(18-14)11-19-13-7-5-4-6-8-13/h4-8,12,17H,9-11H2,1-3H3. The predicted octanol–water partition coefficient (Wildman–Crippen LogP) is 4.35. The van der Waals surface area contributed by atoms with Gasteiger partial charge in [0.1, 0.15) is 5.01 Å². The minimum atomic E-state index is 0.655. The topological polar surface area (TPSA) is 24.9 Å². The van der Waals surface area contributed by atoms with Gasteiger partial charge < -0.3 is 5.32 Å². The maximum Gasteiger partial charge on any atom is 0.103 e. The molecular weight excluding hydrogens is 284 g/mol. The molecular formula is C16H22N2S2. The van der Waals surface area contributed by atoms with Crippen LogP contribution in [0, 0.1) is 5.92 Å². The molecule has 0 aliphatic carbocycles. The largest absolute Gasteiger partial charge is 0.315 e. The number of hydrogen-bond acceptors (Lipinski definition) is 4. The van der Waals surface area contributed by atoms with Crippen molar-refractivity contribution in [1.82, 2.24) is 10.3 Å². The minimum absolute atomic E-state index is 0.655. The van der Waals surface area contributed by atoms with Gasteiger partial charge in [-0.2, -0.15) is 0 Å². The molecule has 1 aromatic heterocycles. The summed E-state index contributed by atoms with van der Waals surface area (Å²) in [5, 5.41) is 4.48. The zero-order chi connectivity index (χ0) is 14.4. The van der Waals surface area contributed by atoms with E-state index in [1.165, 1.54) is 20.5 Å². The highest BCUT2D eigenvalue weighted by molar-refractivity contribution is 7.98. The van der Waals surface area contributed by atoms with Crippen LogP contribution in [0.25, 0.3) is 0 Å². The summed E-state index contributed by atoms with van der Waals surface area (Å²) in [4.78, 5) is 7.54. The van der Waals surface area contributed by atoms with Gasteiger partial charge in [0, 0.05) is 16.3 Å². The third-order valence-corrected chi connectivity index (χ3v) is 5.17. The second-order valence-electron chi connectivity index (χ2n) is 5.21. The fourth-order valence-electron chi connectivity index (χ4n) is 2.01. The monoisotopic (exact) mass is 306 g/mol. The number of hydrogen-bond donors (Lipinski definition) is 1. The Morgan fingerprint density at radius 2 is 2.00 bits per heavy atom. The Morgan fingerprint density at radius 1 is 1.25 bits per heavy atom. The Hall–Kier alpha value is -0.840. The number of nitrogens with zero attached hydrogens (tertiary/aromatic N) is 1. The highest BCUT2D eigenvalue weighted by Crippen LogP contribution is 2.28. The number of rotatable bonds is 7. The van der Waals surface area contributed by atoms with Gasteiger partial charge in [-0.3, -0.25) is 0 Å². The second kappa shape index (κ2) is 7.81. The summed E-state index contributed by atoms with van der Waals surface area (Å²) in [6.07, 6.45) is 1.07. The van der Waals surface area contributed by atoms with Crippen LogP contribution in [0.1, 0.15) is 29.4 Å². The van der Waals surface area contributed by atoms with Crippen molar-refractivity contribution in [2.75, 3.05) is 7.05 Å². The molecule has 2 nitrogen and oxygen atoms in total. The maximum atomic E-state index is 4.84. The molecule has 0 saturated heterocycles. The van der Waals surface area contributed by atoms with Crippen molar-refractivity contribution < 1.29 is 0 Å². The van der Waals surface area contributed by atoms with Crippen LogP contribution in [-0.4, -0.2) is 12.0 Å². The molecule has 1 heterocycles. The molecule has 4 heteroatoms. The van der Waals surface area contributed by atoms with E-state index >= 15 is 0 Å². The first-order valence-electron chi connectivity index (χ1n) is 6.99. The van der Waals surface area contributed by atoms with Gasteiger partial charge in [0.25, 0.3) is 0 Å². The molecule has 0 unspecified atom stereocenters. The molecule has 0 fully saturated rings. The third-order valence-electron chi connectivity index (χ3n) is 2.87. The van der Waals surface area contributed by atoms with Crippen molar-refractivity contribution in [3.63, 3.8) is 0 Å². The average Bonchev–Trinajstić information content (AvgIpc) is 2.80. The van der Waals surface area contributed by atoms with Crippen molar-refractivity contribution in [3.05, 3.63) is 45.9 Å². The predicted molar refractivity (Wildman–Crippen MR) is 89.4 cm³/mol. The van der Waals surface area contributed by atoms with Gasteiger partial charge in [0.2, 0.25) is 0 Å². The Balaban J connectivity index is 2.04. The van der Waals surface area contributed by atoms with Crippen molar-refractivity contribution >= 4 is 23.1 Å². The molecule has 2 aromatic rings. The van der Waals surface area contributed by atoms with Crippen LogP contribution in [0.4, 0.5) is 0 Å². The number of aromatic nitrogens is 1. The Labute approximate surface area is 130 Å². The van der Waals surface area contributed by atoms with E-state index in [9.17, 15) is 0 Å². The lowest BCUT2D eigenvalue weighted by Gasteiger charge is -2.03. The van der Waals surface area contributed by atoms with Gasteiger partial charge in [-0.1, -0.05) is 32.0 Å². The van der Waals surface area contributed by atoms with Crippen LogP contribution in [0.15, 0.2) is 35.2 Å². The van der Waals surface area contributed by atoms with Gasteiger partial charge >= 0.3 is 0 Å². The SMILES string of the molecule is CNCc1sc(CSc2ccccc2)nc1CC(C)C. The first-order valence-corrected chi connectivity index (χ1v) is 8.79. The fraction of sp³-hybridized carbons (Fsp3) is 0.438. The smallest absolute Gasteiger partial charge is 0.103 e. The van der Waals surface area contributed by atoms with Crippen LogP contribution in [-0.2, 0) is 18.7 Å². The van der Waals surface area contributed by atoms with Crippen molar-refractivity contribution in [1.29, 1.82) is 0 Å². The van der Waals surface area contributed by atoms with E-state index in [1.54, 1.807) is 0 Å². The fourth-order valence-corrected chi connectivity index (χ4v) is 4.03. The quantitative estimate of drug-likeness (QED) is 0.770. The molecule has 2 rings (SSSR count). The summed E-state index contributed by atoms with van der Waals surface area (Å²) in [6.45, 7) is 5.43. The molecule has 0 atom stereocenters. The van der Waals surface area contributed by atoms with Gasteiger partial charge in [-0.05, 0) is 31.5 Å². The zero-order valence-electron chi connectivity index (χ0n) is 12.3. The van der Waals surface area contributed by atoms with Crippen molar-refractivity contribution in [2.24, 2.45) is 5.92 Å². The second-order valence-corrected chi connectivity index (χ2v) is 7.42. The molecule has 1 N–H and O–H groups in total. The van der Waals surface area contributed by atoms with Crippen LogP contribution in [0.3, 0.4) is 0 Å². The summed E-state index contributed by atoms with van der Waals surface area (Å²) < 4.78 is 0. The number of thioether (sulfide) groups is 1. The molecule has 0 amide bonds. The van der Waals surface area contributed by atoms with E-state index in [2.05, 4.69) is 49.5 Å². The number of nitrogens with one attached hydrogen (secondary N) is 1. The Kier molecular flexibility index (Phi) is 6.07. The first kappa shape index (κ1) is 15.5. The Bertz CT molecular complexity index is 521. The van der Waals surface area contributed by atoms with Crippen molar-refractivity contribution in [2.45, 2.75) is 37.5 Å². The summed E-state index contributed by atoms with van der Waals surface area (Å²) in [7, 11) is 2.00. The van der Waals surface area contributed by atoms with E-state index < -0.39 is 0 Å². The van der Waals surface area contributed by atoms with Crippen molar-refractivity contribution in [3.8, 4) is 0 Å². The zero-order valence-corrected chi connectivity index (χ0v) is 14.0. The first-order chi connectivity index (χ1) is 9.69. The number of benzene rings is 1. The van der Waals surface area contributed by atoms with Gasteiger partial charge in [0.15, 0.2) is 0 Å². The molecule has 0 aliphatic rings. The Morgan fingerprint density at radius 3 is 2.65 bits per heavy atom. The molecule has 0 bridgehead atoms. The summed E-state index contributed by atoms with van der Waals surface area (Å²) >= 11 is 3.71. The van der Waals surface area contributed by atoms with Gasteiger partial charge in [-0.25, -0.2) is 4.98 Å². The highest BCUT2D eigenvalue weighted by Gasteiger charge is 2.12. The molecule has 0 spiro atoms. The van der Waals surface area contributed by atoms with Gasteiger partial charge in [-0.15, -0.1) is 23.1 Å². The number of thiazole rings is 1. The average molecular weight is 307 g/mol. The van der Waals surface area contributed by atoms with E-state index in [4.69, 9.17) is 4.98 Å². The van der Waals surface area contributed by atoms with Crippen LogP contribution in [0.2, 0.25) is 0 Å². The van der Waals surface area contributed by atoms with E-state index in [1.807, 2.05) is 30.1 Å². The maximum absolute atomic E-state index is 4.84. The van der Waals surface area contributed by atoms with E-state index in [0.29, 0.717) is 5.92 Å². The van der Waals surface area contributed by atoms with Crippen LogP contribution < -0.4 is 5.32 Å². The highest BCUT2D eigenvalue weighted by atomic mass is 32.2. The lowest BCUT2D eigenvalue weighted by Crippen LogP contribution is -2.07. The molecule has 108 valence electrons. The van der Waals surface area contributed by atoms with Crippen LogP contribution in [0.5, 0.6) is 0 Å². The summed E-state index contributed by atoms with van der Waals surface area (Å²) in [5.74, 6) is 1.62.